The van der Waals surface area contributed by atoms with Gasteiger partial charge in [0, 0.05) is 28.0 Å². The number of halogens is 2. The van der Waals surface area contributed by atoms with Gasteiger partial charge < -0.3 is 10.2 Å². The first-order valence-electron chi connectivity index (χ1n) is 7.11. The monoisotopic (exact) mass is 368 g/mol. The number of rotatable bonds is 3. The fourth-order valence-electron chi connectivity index (χ4n) is 2.59. The van der Waals surface area contributed by atoms with Crippen molar-refractivity contribution < 1.29 is 9.59 Å². The number of nitrogens with one attached hydrogen (secondary N) is 1. The molecule has 0 aliphatic carbocycles. The Bertz CT molecular complexity index is 734. The van der Waals surface area contributed by atoms with Crippen LogP contribution in [0.3, 0.4) is 0 Å². The highest BCUT2D eigenvalue weighted by atomic mass is 35.5. The third-order valence-corrected chi connectivity index (χ3v) is 5.21. The first kappa shape index (κ1) is 16.3. The molecule has 2 heterocycles. The molecule has 120 valence electrons. The zero-order valence-electron chi connectivity index (χ0n) is 12.1. The molecule has 23 heavy (non-hydrogen) atoms. The number of carbonyl (C=O) groups excluding carboxylic acids is 2. The zero-order valence-corrected chi connectivity index (χ0v) is 14.4. The average Bonchev–Trinajstić information content (AvgIpc) is 3.03. The zero-order chi connectivity index (χ0) is 16.4. The minimum atomic E-state index is -0.567. The van der Waals surface area contributed by atoms with Crippen LogP contribution >= 0.6 is 34.5 Å². The Balaban J connectivity index is 1.83. The predicted molar refractivity (Wildman–Crippen MR) is 91.9 cm³/mol. The van der Waals surface area contributed by atoms with Gasteiger partial charge in [-0.1, -0.05) is 35.3 Å². The van der Waals surface area contributed by atoms with Gasteiger partial charge in [0.25, 0.3) is 0 Å². The van der Waals surface area contributed by atoms with Crippen molar-refractivity contribution in [2.24, 2.45) is 0 Å². The summed E-state index contributed by atoms with van der Waals surface area (Å²) in [5.74, 6) is -0.267. The van der Waals surface area contributed by atoms with E-state index in [2.05, 4.69) is 5.32 Å². The molecule has 1 saturated heterocycles. The van der Waals surface area contributed by atoms with Crippen molar-refractivity contribution in [1.29, 1.82) is 0 Å². The van der Waals surface area contributed by atoms with E-state index >= 15 is 0 Å². The summed E-state index contributed by atoms with van der Waals surface area (Å²) in [7, 11) is 0. The van der Waals surface area contributed by atoms with E-state index in [4.69, 9.17) is 23.2 Å². The smallest absolute Gasteiger partial charge is 0.248 e. The standard InChI is InChI=1S/C16H14Cl2N2O2S/c17-11-4-3-10(12(18)9-11)8-14(21)20-6-5-19-16(22)15(20)13-2-1-7-23-13/h1-4,7,9,15H,5-6,8H2,(H,19,22). The number of piperazine rings is 1. The lowest BCUT2D eigenvalue weighted by Gasteiger charge is -2.34. The van der Waals surface area contributed by atoms with Gasteiger partial charge in [-0.05, 0) is 29.1 Å². The number of hydrogen-bond acceptors (Lipinski definition) is 3. The summed E-state index contributed by atoms with van der Waals surface area (Å²) >= 11 is 13.5. The molecule has 1 aliphatic heterocycles. The lowest BCUT2D eigenvalue weighted by molar-refractivity contribution is -0.143. The Labute approximate surface area is 148 Å². The van der Waals surface area contributed by atoms with Gasteiger partial charge in [0.1, 0.15) is 6.04 Å². The molecule has 3 rings (SSSR count). The number of hydrogen-bond donors (Lipinski definition) is 1. The van der Waals surface area contributed by atoms with Crippen LogP contribution in [-0.2, 0) is 16.0 Å². The van der Waals surface area contributed by atoms with E-state index in [1.165, 1.54) is 11.3 Å². The molecule has 0 saturated carbocycles. The Morgan fingerprint density at radius 1 is 1.35 bits per heavy atom. The van der Waals surface area contributed by atoms with Crippen molar-refractivity contribution in [3.05, 3.63) is 56.2 Å². The van der Waals surface area contributed by atoms with Crippen LogP contribution in [0, 0.1) is 0 Å². The van der Waals surface area contributed by atoms with E-state index in [0.717, 1.165) is 4.88 Å². The topological polar surface area (TPSA) is 49.4 Å². The van der Waals surface area contributed by atoms with Crippen LogP contribution in [-0.4, -0.2) is 29.8 Å². The molecule has 1 aromatic heterocycles. The van der Waals surface area contributed by atoms with Gasteiger partial charge in [-0.25, -0.2) is 0 Å². The van der Waals surface area contributed by atoms with Crippen molar-refractivity contribution in [2.45, 2.75) is 12.5 Å². The van der Waals surface area contributed by atoms with Gasteiger partial charge in [0.05, 0.1) is 6.42 Å². The van der Waals surface area contributed by atoms with Crippen LogP contribution in [0.2, 0.25) is 10.0 Å². The summed E-state index contributed by atoms with van der Waals surface area (Å²) in [4.78, 5) is 27.4. The van der Waals surface area contributed by atoms with Gasteiger partial charge in [0.15, 0.2) is 0 Å². The molecule has 2 aromatic rings. The summed E-state index contributed by atoms with van der Waals surface area (Å²) in [5.41, 5.74) is 0.706. The first-order chi connectivity index (χ1) is 11.1. The molecule has 1 fully saturated rings. The second-order valence-corrected chi connectivity index (χ2v) is 7.03. The molecule has 4 nitrogen and oxygen atoms in total. The number of thiophene rings is 1. The maximum absolute atomic E-state index is 12.7. The lowest BCUT2D eigenvalue weighted by atomic mass is 10.1. The normalized spacial score (nSPS) is 17.9. The van der Waals surface area contributed by atoms with Gasteiger partial charge in [-0.3, -0.25) is 9.59 Å². The molecule has 1 aromatic carbocycles. The van der Waals surface area contributed by atoms with Gasteiger partial charge in [0.2, 0.25) is 11.8 Å². The van der Waals surface area contributed by atoms with E-state index in [9.17, 15) is 9.59 Å². The Kier molecular flexibility index (Phi) is 4.90. The second kappa shape index (κ2) is 6.91. The van der Waals surface area contributed by atoms with Crippen LogP contribution in [0.25, 0.3) is 0 Å². The number of amides is 2. The largest absolute Gasteiger partial charge is 0.352 e. The molecule has 2 amide bonds. The number of carbonyl (C=O) groups is 2. The molecule has 0 radical (unpaired) electrons. The van der Waals surface area contributed by atoms with Crippen molar-refractivity contribution >= 4 is 46.4 Å². The molecule has 0 bridgehead atoms. The highest BCUT2D eigenvalue weighted by molar-refractivity contribution is 7.10. The second-order valence-electron chi connectivity index (χ2n) is 5.21. The van der Waals surface area contributed by atoms with E-state index in [-0.39, 0.29) is 18.2 Å². The van der Waals surface area contributed by atoms with Crippen molar-refractivity contribution in [1.82, 2.24) is 10.2 Å². The van der Waals surface area contributed by atoms with Crippen molar-refractivity contribution in [3.8, 4) is 0 Å². The molecule has 1 N–H and O–H groups in total. The molecular weight excluding hydrogens is 355 g/mol. The SMILES string of the molecule is O=C1NCCN(C(=O)Cc2ccc(Cl)cc2Cl)C1c1cccs1. The van der Waals surface area contributed by atoms with E-state index in [1.54, 1.807) is 23.1 Å². The van der Waals surface area contributed by atoms with E-state index in [1.807, 2.05) is 17.5 Å². The predicted octanol–water partition coefficient (Wildman–Crippen LogP) is 3.30. The summed E-state index contributed by atoms with van der Waals surface area (Å²) in [6.45, 7) is 0.944. The van der Waals surface area contributed by atoms with Gasteiger partial charge in [-0.15, -0.1) is 11.3 Å². The van der Waals surface area contributed by atoms with Crippen molar-refractivity contribution in [3.63, 3.8) is 0 Å². The Morgan fingerprint density at radius 3 is 2.87 bits per heavy atom. The van der Waals surface area contributed by atoms with Gasteiger partial charge >= 0.3 is 0 Å². The van der Waals surface area contributed by atoms with E-state index < -0.39 is 6.04 Å². The third-order valence-electron chi connectivity index (χ3n) is 3.70. The molecule has 1 aliphatic rings. The fourth-order valence-corrected chi connectivity index (χ4v) is 3.90. The summed E-state index contributed by atoms with van der Waals surface area (Å²) in [5, 5.41) is 5.70. The Morgan fingerprint density at radius 2 is 2.17 bits per heavy atom. The number of benzene rings is 1. The van der Waals surface area contributed by atoms with Crippen LogP contribution in [0.4, 0.5) is 0 Å². The van der Waals surface area contributed by atoms with Crippen LogP contribution in [0.15, 0.2) is 35.7 Å². The third kappa shape index (κ3) is 3.52. The van der Waals surface area contributed by atoms with Crippen LogP contribution in [0.5, 0.6) is 0 Å². The van der Waals surface area contributed by atoms with E-state index in [0.29, 0.717) is 28.7 Å². The van der Waals surface area contributed by atoms with Gasteiger partial charge in [-0.2, -0.15) is 0 Å². The highest BCUT2D eigenvalue weighted by Crippen LogP contribution is 2.29. The summed E-state index contributed by atoms with van der Waals surface area (Å²) < 4.78 is 0. The van der Waals surface area contributed by atoms with Crippen LogP contribution in [0.1, 0.15) is 16.5 Å². The molecule has 1 unspecified atom stereocenters. The molecule has 0 spiro atoms. The summed E-state index contributed by atoms with van der Waals surface area (Å²) in [6, 6.07) is 8.24. The maximum Gasteiger partial charge on any atom is 0.248 e. The minimum Gasteiger partial charge on any atom is -0.352 e. The minimum absolute atomic E-state index is 0.123. The summed E-state index contributed by atoms with van der Waals surface area (Å²) in [6.07, 6.45) is 0.144. The molecule has 1 atom stereocenters. The molecule has 7 heteroatoms. The first-order valence-corrected chi connectivity index (χ1v) is 8.74. The highest BCUT2D eigenvalue weighted by Gasteiger charge is 2.34. The van der Waals surface area contributed by atoms with Crippen molar-refractivity contribution in [2.75, 3.05) is 13.1 Å². The average molecular weight is 369 g/mol. The fraction of sp³-hybridized carbons (Fsp3) is 0.250. The lowest BCUT2D eigenvalue weighted by Crippen LogP contribution is -2.52. The Hall–Kier alpha value is -1.56. The number of nitrogens with zero attached hydrogens (tertiary/aromatic N) is 1. The van der Waals surface area contributed by atoms with Crippen LogP contribution < -0.4 is 5.32 Å². The maximum atomic E-state index is 12.7. The quantitative estimate of drug-likeness (QED) is 0.903. The molecular formula is C16H14Cl2N2O2S.